The number of hydrogen-bond donors (Lipinski definition) is 0. The number of halogens is 3. The predicted octanol–water partition coefficient (Wildman–Crippen LogP) is 3.95. The van der Waals surface area contributed by atoms with E-state index in [2.05, 4.69) is 26.0 Å². The van der Waals surface area contributed by atoms with Crippen molar-refractivity contribution in [2.24, 2.45) is 0 Å². The van der Waals surface area contributed by atoms with Crippen LogP contribution in [0.3, 0.4) is 0 Å². The Morgan fingerprint density at radius 2 is 1.82 bits per heavy atom. The van der Waals surface area contributed by atoms with Gasteiger partial charge in [-0.2, -0.15) is 18.2 Å². The lowest BCUT2D eigenvalue weighted by Crippen LogP contribution is -2.28. The van der Waals surface area contributed by atoms with E-state index < -0.39 is 12.0 Å². The Morgan fingerprint density at radius 3 is 2.52 bits per heavy atom. The maximum atomic E-state index is 13.0. The van der Waals surface area contributed by atoms with Crippen molar-refractivity contribution in [3.63, 3.8) is 0 Å². The fourth-order valence-corrected chi connectivity index (χ4v) is 4.37. The van der Waals surface area contributed by atoms with Crippen molar-refractivity contribution in [1.82, 2.24) is 24.5 Å². The van der Waals surface area contributed by atoms with E-state index in [9.17, 15) is 18.0 Å². The van der Waals surface area contributed by atoms with E-state index in [0.717, 1.165) is 23.2 Å². The number of nitrogens with zero attached hydrogens (tertiary/aromatic N) is 6. The summed E-state index contributed by atoms with van der Waals surface area (Å²) in [6.45, 7) is 5.94. The highest BCUT2D eigenvalue weighted by Crippen LogP contribution is 2.28. The summed E-state index contributed by atoms with van der Waals surface area (Å²) in [6.07, 6.45) is -1.71. The van der Waals surface area contributed by atoms with Gasteiger partial charge in [-0.3, -0.25) is 4.79 Å². The number of aromatic nitrogens is 4. The minimum absolute atomic E-state index is 0.0420. The zero-order chi connectivity index (χ0) is 23.8. The Labute approximate surface area is 190 Å². The maximum Gasteiger partial charge on any atom is 0.453 e. The van der Waals surface area contributed by atoms with Crippen LogP contribution in [0.4, 0.5) is 18.9 Å². The van der Waals surface area contributed by atoms with E-state index in [0.29, 0.717) is 29.9 Å². The van der Waals surface area contributed by atoms with Gasteiger partial charge in [-0.1, -0.05) is 18.2 Å². The number of amides is 1. The number of benzene rings is 1. The molecule has 0 spiro atoms. The lowest BCUT2D eigenvalue weighted by Gasteiger charge is -2.24. The van der Waals surface area contributed by atoms with Gasteiger partial charge in [0.05, 0.1) is 0 Å². The van der Waals surface area contributed by atoms with E-state index in [1.165, 1.54) is 18.5 Å². The molecular formula is C23H27F3N6O. The van der Waals surface area contributed by atoms with E-state index in [-0.39, 0.29) is 18.1 Å². The summed E-state index contributed by atoms with van der Waals surface area (Å²) < 4.78 is 40.1. The highest BCUT2D eigenvalue weighted by Gasteiger charge is 2.37. The van der Waals surface area contributed by atoms with Gasteiger partial charge in [-0.15, -0.1) is 5.10 Å². The summed E-state index contributed by atoms with van der Waals surface area (Å²) in [5.74, 6) is -1.36. The third-order valence-corrected chi connectivity index (χ3v) is 6.16. The van der Waals surface area contributed by atoms with Gasteiger partial charge in [0.25, 0.3) is 11.6 Å². The molecule has 1 aromatic carbocycles. The summed E-state index contributed by atoms with van der Waals surface area (Å²) in [5.41, 5.74) is 4.04. The molecule has 1 amide bonds. The van der Waals surface area contributed by atoms with E-state index in [4.69, 9.17) is 0 Å². The quantitative estimate of drug-likeness (QED) is 0.557. The molecule has 10 heteroatoms. The maximum absolute atomic E-state index is 13.0. The number of fused-ring (bicyclic) bond motifs is 1. The average Bonchev–Trinajstić information content (AvgIpc) is 3.43. The fraction of sp³-hybridized carbons (Fsp3) is 0.478. The van der Waals surface area contributed by atoms with Crippen molar-refractivity contribution in [2.45, 2.75) is 52.3 Å². The van der Waals surface area contributed by atoms with Crippen molar-refractivity contribution in [3.8, 4) is 0 Å². The van der Waals surface area contributed by atoms with Crippen LogP contribution in [0.15, 0.2) is 24.3 Å². The molecule has 3 heterocycles. The number of alkyl halides is 3. The van der Waals surface area contributed by atoms with Gasteiger partial charge in [-0.25, -0.2) is 9.50 Å². The lowest BCUT2D eigenvalue weighted by atomic mass is 10.1. The number of rotatable bonds is 6. The van der Waals surface area contributed by atoms with Crippen LogP contribution < -0.4 is 4.90 Å². The van der Waals surface area contributed by atoms with Crippen LogP contribution >= 0.6 is 0 Å². The molecule has 1 saturated heterocycles. The second kappa shape index (κ2) is 8.99. The Balaban J connectivity index is 1.47. The molecule has 0 atom stereocenters. The van der Waals surface area contributed by atoms with Gasteiger partial charge in [0.1, 0.15) is 0 Å². The van der Waals surface area contributed by atoms with Gasteiger partial charge >= 0.3 is 6.18 Å². The highest BCUT2D eigenvalue weighted by molar-refractivity contribution is 5.76. The number of anilines is 1. The smallest absolute Gasteiger partial charge is 0.371 e. The molecule has 0 N–H and O–H groups in total. The molecule has 0 bridgehead atoms. The lowest BCUT2D eigenvalue weighted by molar-refractivity contribution is -0.144. The molecule has 1 fully saturated rings. The van der Waals surface area contributed by atoms with Crippen molar-refractivity contribution in [3.05, 3.63) is 52.6 Å². The molecule has 1 aliphatic rings. The number of aryl methyl sites for hydroxylation is 2. The van der Waals surface area contributed by atoms with Crippen LogP contribution in [0.1, 0.15) is 47.6 Å². The predicted molar refractivity (Wildman–Crippen MR) is 118 cm³/mol. The second-order valence-electron chi connectivity index (χ2n) is 8.48. The summed E-state index contributed by atoms with van der Waals surface area (Å²) in [5, 5.41) is 3.57. The first-order valence-corrected chi connectivity index (χ1v) is 11.0. The molecule has 4 rings (SSSR count). The third kappa shape index (κ3) is 4.79. The third-order valence-electron chi connectivity index (χ3n) is 6.16. The number of carbonyl (C=O) groups is 1. The number of para-hydroxylation sites is 1. The molecule has 0 radical (unpaired) electrons. The molecule has 7 nitrogen and oxygen atoms in total. The van der Waals surface area contributed by atoms with E-state index >= 15 is 0 Å². The van der Waals surface area contributed by atoms with Crippen molar-refractivity contribution >= 4 is 17.4 Å². The van der Waals surface area contributed by atoms with Gasteiger partial charge < -0.3 is 9.80 Å². The number of hydrogen-bond acceptors (Lipinski definition) is 5. The van der Waals surface area contributed by atoms with Gasteiger partial charge in [-0.05, 0) is 50.3 Å². The zero-order valence-corrected chi connectivity index (χ0v) is 19.0. The molecule has 1 aliphatic heterocycles. The monoisotopic (exact) mass is 460 g/mol. The standard InChI is InChI=1S/C23H27F3N6O/c1-15-18(16(2)32-22(27-15)28-21(29-32)23(24,25)26)10-11-20(33)30(3)14-17-8-4-5-9-19(17)31-12-6-7-13-31/h4-5,8-9H,6-7,10-14H2,1-3H3. The van der Waals surface area contributed by atoms with Crippen LogP contribution in [0.25, 0.3) is 5.78 Å². The summed E-state index contributed by atoms with van der Waals surface area (Å²) in [7, 11) is 1.78. The van der Waals surface area contributed by atoms with Crippen LogP contribution in [-0.4, -0.2) is 50.5 Å². The first-order chi connectivity index (χ1) is 15.6. The molecule has 3 aromatic rings. The second-order valence-corrected chi connectivity index (χ2v) is 8.48. The summed E-state index contributed by atoms with van der Waals surface area (Å²) >= 11 is 0. The minimum atomic E-state index is -4.64. The summed E-state index contributed by atoms with van der Waals surface area (Å²) in [4.78, 5) is 24.6. The van der Waals surface area contributed by atoms with Gasteiger partial charge in [0.15, 0.2) is 0 Å². The van der Waals surface area contributed by atoms with Crippen LogP contribution in [-0.2, 0) is 23.9 Å². The first kappa shape index (κ1) is 23.0. The Kier molecular flexibility index (Phi) is 6.27. The van der Waals surface area contributed by atoms with Crippen molar-refractivity contribution in [2.75, 3.05) is 25.0 Å². The Hall–Kier alpha value is -3.17. The molecule has 0 aliphatic carbocycles. The van der Waals surface area contributed by atoms with Crippen LogP contribution in [0.2, 0.25) is 0 Å². The van der Waals surface area contributed by atoms with Crippen molar-refractivity contribution < 1.29 is 18.0 Å². The molecule has 176 valence electrons. The number of carbonyl (C=O) groups excluding carboxylic acids is 1. The Bertz CT molecular complexity index is 1170. The van der Waals surface area contributed by atoms with Gasteiger partial charge in [0, 0.05) is 50.2 Å². The Morgan fingerprint density at radius 1 is 1.12 bits per heavy atom. The average molecular weight is 461 g/mol. The minimum Gasteiger partial charge on any atom is -0.371 e. The van der Waals surface area contributed by atoms with Crippen LogP contribution in [0.5, 0.6) is 0 Å². The topological polar surface area (TPSA) is 66.6 Å². The normalized spacial score (nSPS) is 14.3. The first-order valence-electron chi connectivity index (χ1n) is 11.0. The molecule has 0 saturated carbocycles. The van der Waals surface area contributed by atoms with Crippen LogP contribution in [0, 0.1) is 13.8 Å². The SMILES string of the molecule is Cc1nc2nc(C(F)(F)F)nn2c(C)c1CCC(=O)N(C)Cc1ccccc1N1CCCC1. The molecular weight excluding hydrogens is 433 g/mol. The fourth-order valence-electron chi connectivity index (χ4n) is 4.37. The molecule has 2 aromatic heterocycles. The molecule has 0 unspecified atom stereocenters. The van der Waals surface area contributed by atoms with Crippen molar-refractivity contribution in [1.29, 1.82) is 0 Å². The highest BCUT2D eigenvalue weighted by atomic mass is 19.4. The molecule has 33 heavy (non-hydrogen) atoms. The largest absolute Gasteiger partial charge is 0.453 e. The zero-order valence-electron chi connectivity index (χ0n) is 19.0. The van der Waals surface area contributed by atoms with E-state index in [1.54, 1.807) is 25.8 Å². The van der Waals surface area contributed by atoms with Gasteiger partial charge in [0.2, 0.25) is 5.91 Å². The van der Waals surface area contributed by atoms with E-state index in [1.807, 2.05) is 18.2 Å². The summed E-state index contributed by atoms with van der Waals surface area (Å²) in [6, 6.07) is 8.14.